The zero-order chi connectivity index (χ0) is 12.8. The minimum Gasteiger partial charge on any atom is -0.467 e. The van der Waals surface area contributed by atoms with Crippen molar-refractivity contribution in [3.63, 3.8) is 0 Å². The quantitative estimate of drug-likeness (QED) is 0.742. The summed E-state index contributed by atoms with van der Waals surface area (Å²) in [5.74, 6) is -0.522. The lowest BCUT2D eigenvalue weighted by Gasteiger charge is -2.17. The van der Waals surface area contributed by atoms with E-state index in [0.717, 1.165) is 0 Å². The van der Waals surface area contributed by atoms with Gasteiger partial charge in [-0.15, -0.1) is 0 Å². The molecule has 0 spiro atoms. The summed E-state index contributed by atoms with van der Waals surface area (Å²) in [5, 5.41) is 8.83. The van der Waals surface area contributed by atoms with E-state index in [4.69, 9.17) is 0 Å². The molecule has 2 N–H and O–H groups in total. The molecule has 1 atom stereocenters. The Morgan fingerprint density at radius 1 is 1.53 bits per heavy atom. The number of methoxy groups -OCH3 is 1. The summed E-state index contributed by atoms with van der Waals surface area (Å²) in [6.07, 6.45) is 2.01. The Morgan fingerprint density at radius 2 is 2.24 bits per heavy atom. The van der Waals surface area contributed by atoms with Crippen LogP contribution in [0.4, 0.5) is 0 Å². The Kier molecular flexibility index (Phi) is 4.68. The zero-order valence-corrected chi connectivity index (χ0v) is 10.2. The van der Waals surface area contributed by atoms with E-state index in [-0.39, 0.29) is 11.8 Å². The second-order valence-corrected chi connectivity index (χ2v) is 4.15. The Balaban J connectivity index is 2.66. The molecule has 6 heteroatoms. The third kappa shape index (κ3) is 3.90. The van der Waals surface area contributed by atoms with E-state index in [1.165, 1.54) is 13.3 Å². The van der Waals surface area contributed by atoms with Gasteiger partial charge in [0, 0.05) is 6.20 Å². The second kappa shape index (κ2) is 6.03. The smallest absolute Gasteiger partial charge is 0.328 e. The Hall–Kier alpha value is -1.85. The molecule has 1 rings (SSSR count). The van der Waals surface area contributed by atoms with Gasteiger partial charge < -0.3 is 10.1 Å². The van der Waals surface area contributed by atoms with Crippen molar-refractivity contribution in [2.45, 2.75) is 26.3 Å². The van der Waals surface area contributed by atoms with Crippen LogP contribution >= 0.6 is 0 Å². The summed E-state index contributed by atoms with van der Waals surface area (Å²) < 4.78 is 4.65. The molecule has 0 aliphatic heterocycles. The highest BCUT2D eigenvalue weighted by molar-refractivity contribution is 5.95. The second-order valence-electron chi connectivity index (χ2n) is 4.15. The number of hydrogen-bond donors (Lipinski definition) is 2. The van der Waals surface area contributed by atoms with Gasteiger partial charge in [0.15, 0.2) is 0 Å². The molecule has 1 aromatic heterocycles. The van der Waals surface area contributed by atoms with Crippen molar-refractivity contribution in [1.82, 2.24) is 15.5 Å². The summed E-state index contributed by atoms with van der Waals surface area (Å²) >= 11 is 0. The first kappa shape index (κ1) is 13.2. The van der Waals surface area contributed by atoms with Crippen molar-refractivity contribution in [3.05, 3.63) is 18.0 Å². The van der Waals surface area contributed by atoms with E-state index in [1.54, 1.807) is 6.07 Å². The molecule has 1 heterocycles. The van der Waals surface area contributed by atoms with Crippen molar-refractivity contribution < 1.29 is 14.3 Å². The van der Waals surface area contributed by atoms with Crippen molar-refractivity contribution in [3.8, 4) is 0 Å². The minimum atomic E-state index is -0.629. The van der Waals surface area contributed by atoms with Gasteiger partial charge in [0.25, 0.3) is 5.91 Å². The van der Waals surface area contributed by atoms with Crippen LogP contribution in [0.15, 0.2) is 12.3 Å². The number of aromatic nitrogens is 2. The largest absolute Gasteiger partial charge is 0.467 e. The molecule has 0 radical (unpaired) electrons. The summed E-state index contributed by atoms with van der Waals surface area (Å²) in [7, 11) is 1.30. The SMILES string of the molecule is COC(=O)C(CC(C)C)NC(=O)c1ccn[nH]1. The van der Waals surface area contributed by atoms with E-state index >= 15 is 0 Å². The van der Waals surface area contributed by atoms with Crippen LogP contribution in [-0.4, -0.2) is 35.2 Å². The Labute approximate surface area is 99.7 Å². The molecule has 0 aromatic carbocycles. The fraction of sp³-hybridized carbons (Fsp3) is 0.545. The first-order valence-electron chi connectivity index (χ1n) is 5.42. The predicted molar refractivity (Wildman–Crippen MR) is 61.3 cm³/mol. The van der Waals surface area contributed by atoms with Gasteiger partial charge in [-0.25, -0.2) is 4.79 Å². The number of rotatable bonds is 5. The summed E-state index contributed by atoms with van der Waals surface area (Å²) in [6.45, 7) is 3.94. The zero-order valence-electron chi connectivity index (χ0n) is 10.2. The predicted octanol–water partition coefficient (Wildman–Crippen LogP) is 0.727. The third-order valence-electron chi connectivity index (χ3n) is 2.24. The average molecular weight is 239 g/mol. The highest BCUT2D eigenvalue weighted by Crippen LogP contribution is 2.07. The molecular weight excluding hydrogens is 222 g/mol. The van der Waals surface area contributed by atoms with Crippen molar-refractivity contribution in [2.75, 3.05) is 7.11 Å². The third-order valence-corrected chi connectivity index (χ3v) is 2.24. The van der Waals surface area contributed by atoms with Crippen molar-refractivity contribution >= 4 is 11.9 Å². The van der Waals surface area contributed by atoms with Crippen LogP contribution in [0.1, 0.15) is 30.8 Å². The number of nitrogens with one attached hydrogen (secondary N) is 2. The minimum absolute atomic E-state index is 0.279. The monoisotopic (exact) mass is 239 g/mol. The van der Waals surface area contributed by atoms with Crippen LogP contribution in [0.2, 0.25) is 0 Å². The molecular formula is C11H17N3O3. The molecule has 0 saturated heterocycles. The van der Waals surface area contributed by atoms with Crippen LogP contribution in [0.25, 0.3) is 0 Å². The number of carbonyl (C=O) groups excluding carboxylic acids is 2. The molecule has 6 nitrogen and oxygen atoms in total. The molecule has 17 heavy (non-hydrogen) atoms. The number of aromatic amines is 1. The highest BCUT2D eigenvalue weighted by atomic mass is 16.5. The molecule has 1 aromatic rings. The number of amides is 1. The topological polar surface area (TPSA) is 84.1 Å². The van der Waals surface area contributed by atoms with Crippen LogP contribution in [-0.2, 0) is 9.53 Å². The Morgan fingerprint density at radius 3 is 2.71 bits per heavy atom. The molecule has 0 aliphatic carbocycles. The lowest BCUT2D eigenvalue weighted by Crippen LogP contribution is -2.42. The van der Waals surface area contributed by atoms with Gasteiger partial charge in [-0.2, -0.15) is 5.10 Å². The summed E-state index contributed by atoms with van der Waals surface area (Å²) in [4.78, 5) is 23.2. The molecule has 0 saturated carbocycles. The maximum Gasteiger partial charge on any atom is 0.328 e. The molecule has 0 bridgehead atoms. The van der Waals surface area contributed by atoms with Crippen LogP contribution < -0.4 is 5.32 Å². The lowest BCUT2D eigenvalue weighted by molar-refractivity contribution is -0.143. The first-order valence-corrected chi connectivity index (χ1v) is 5.42. The van der Waals surface area contributed by atoms with Crippen molar-refractivity contribution in [2.24, 2.45) is 5.92 Å². The van der Waals surface area contributed by atoms with Crippen LogP contribution in [0, 0.1) is 5.92 Å². The van der Waals surface area contributed by atoms with Gasteiger partial charge in [-0.3, -0.25) is 9.89 Å². The Bertz CT molecular complexity index is 373. The maximum atomic E-state index is 11.7. The molecule has 0 aliphatic rings. The summed E-state index contributed by atoms with van der Waals surface area (Å²) in [6, 6.07) is 0.912. The molecule has 94 valence electrons. The highest BCUT2D eigenvalue weighted by Gasteiger charge is 2.23. The van der Waals surface area contributed by atoms with Gasteiger partial charge >= 0.3 is 5.97 Å². The molecule has 1 unspecified atom stereocenters. The van der Waals surface area contributed by atoms with Gasteiger partial charge in [0.05, 0.1) is 7.11 Å². The summed E-state index contributed by atoms with van der Waals surface area (Å²) in [5.41, 5.74) is 0.322. The van der Waals surface area contributed by atoms with Gasteiger partial charge in [0.2, 0.25) is 0 Å². The van der Waals surface area contributed by atoms with E-state index in [1.807, 2.05) is 13.8 Å². The van der Waals surface area contributed by atoms with Crippen LogP contribution in [0.5, 0.6) is 0 Å². The number of ether oxygens (including phenoxy) is 1. The van der Waals surface area contributed by atoms with Crippen molar-refractivity contribution in [1.29, 1.82) is 0 Å². The van der Waals surface area contributed by atoms with Crippen LogP contribution in [0.3, 0.4) is 0 Å². The number of esters is 1. The maximum absolute atomic E-state index is 11.7. The van der Waals surface area contributed by atoms with Gasteiger partial charge in [-0.05, 0) is 18.4 Å². The number of hydrogen-bond acceptors (Lipinski definition) is 4. The van der Waals surface area contributed by atoms with E-state index in [0.29, 0.717) is 12.1 Å². The number of H-pyrrole nitrogens is 1. The standard InChI is InChI=1S/C11H17N3O3/c1-7(2)6-9(11(16)17-3)13-10(15)8-4-5-12-14-8/h4-5,7,9H,6H2,1-3H3,(H,12,14)(H,13,15). The number of carbonyl (C=O) groups is 2. The van der Waals surface area contributed by atoms with Gasteiger partial charge in [0.1, 0.15) is 11.7 Å². The van der Waals surface area contributed by atoms with E-state index in [9.17, 15) is 9.59 Å². The molecule has 1 amide bonds. The normalized spacial score (nSPS) is 12.2. The fourth-order valence-electron chi connectivity index (χ4n) is 1.45. The lowest BCUT2D eigenvalue weighted by atomic mass is 10.0. The molecule has 0 fully saturated rings. The van der Waals surface area contributed by atoms with E-state index < -0.39 is 12.0 Å². The average Bonchev–Trinajstić information content (AvgIpc) is 2.79. The number of nitrogens with zero attached hydrogens (tertiary/aromatic N) is 1. The van der Waals surface area contributed by atoms with Gasteiger partial charge in [-0.1, -0.05) is 13.8 Å². The first-order chi connectivity index (χ1) is 8.04. The van der Waals surface area contributed by atoms with E-state index in [2.05, 4.69) is 20.3 Å². The fourth-order valence-corrected chi connectivity index (χ4v) is 1.45.